The number of anilines is 1. The standard InChI is InChI=1S/C11H17FN4O/c1-7(14)6-16(15)9-3-4-10(17-2)11(12)8(9)5-13/h3-4,6H,5,13-15H2,1-2H3/b7-6-. The van der Waals surface area contributed by atoms with Crippen LogP contribution in [0, 0.1) is 5.82 Å². The van der Waals surface area contributed by atoms with Gasteiger partial charge in [-0.05, 0) is 19.1 Å². The van der Waals surface area contributed by atoms with Gasteiger partial charge in [0.05, 0.1) is 12.8 Å². The monoisotopic (exact) mass is 240 g/mol. The molecule has 1 rings (SSSR count). The first-order valence-corrected chi connectivity index (χ1v) is 5.04. The highest BCUT2D eigenvalue weighted by atomic mass is 19.1. The van der Waals surface area contributed by atoms with Crippen LogP contribution in [0.15, 0.2) is 24.0 Å². The molecule has 1 aromatic rings. The lowest BCUT2D eigenvalue weighted by Gasteiger charge is -2.19. The third-order valence-corrected chi connectivity index (χ3v) is 2.23. The fraction of sp³-hybridized carbons (Fsp3) is 0.273. The second-order valence-corrected chi connectivity index (χ2v) is 3.56. The lowest BCUT2D eigenvalue weighted by molar-refractivity contribution is 0.384. The molecular weight excluding hydrogens is 223 g/mol. The van der Waals surface area contributed by atoms with Crippen LogP contribution < -0.4 is 27.1 Å². The summed E-state index contributed by atoms with van der Waals surface area (Å²) in [7, 11) is 1.39. The second-order valence-electron chi connectivity index (χ2n) is 3.56. The number of benzene rings is 1. The average Bonchev–Trinajstić information content (AvgIpc) is 2.27. The minimum Gasteiger partial charge on any atom is -0.494 e. The molecule has 0 heterocycles. The number of allylic oxidation sites excluding steroid dienone is 1. The second kappa shape index (κ2) is 5.51. The van der Waals surface area contributed by atoms with E-state index in [0.29, 0.717) is 11.4 Å². The maximum absolute atomic E-state index is 13.9. The Kier molecular flexibility index (Phi) is 4.30. The third-order valence-electron chi connectivity index (χ3n) is 2.23. The van der Waals surface area contributed by atoms with Gasteiger partial charge in [0.25, 0.3) is 0 Å². The van der Waals surface area contributed by atoms with Gasteiger partial charge in [0, 0.05) is 24.0 Å². The van der Waals surface area contributed by atoms with Crippen molar-refractivity contribution in [1.82, 2.24) is 0 Å². The number of methoxy groups -OCH3 is 1. The number of hydrazine groups is 1. The summed E-state index contributed by atoms with van der Waals surface area (Å²) < 4.78 is 18.8. The van der Waals surface area contributed by atoms with Gasteiger partial charge in [-0.25, -0.2) is 10.2 Å². The van der Waals surface area contributed by atoms with Gasteiger partial charge in [0.1, 0.15) is 0 Å². The van der Waals surface area contributed by atoms with Crippen LogP contribution in [0.1, 0.15) is 12.5 Å². The summed E-state index contributed by atoms with van der Waals surface area (Å²) in [5, 5.41) is 1.24. The van der Waals surface area contributed by atoms with Gasteiger partial charge in [-0.2, -0.15) is 0 Å². The molecule has 0 saturated carbocycles. The summed E-state index contributed by atoms with van der Waals surface area (Å²) >= 11 is 0. The van der Waals surface area contributed by atoms with Crippen molar-refractivity contribution < 1.29 is 9.13 Å². The van der Waals surface area contributed by atoms with Crippen molar-refractivity contribution in [2.24, 2.45) is 17.3 Å². The predicted molar refractivity (Wildman–Crippen MR) is 65.5 cm³/mol. The predicted octanol–water partition coefficient (Wildman–Crippen LogP) is 0.793. The first kappa shape index (κ1) is 13.3. The van der Waals surface area contributed by atoms with Crippen molar-refractivity contribution >= 4 is 5.69 Å². The Balaban J connectivity index is 3.25. The first-order chi connectivity index (χ1) is 8.01. The largest absolute Gasteiger partial charge is 0.494 e. The normalized spacial score (nSPS) is 11.5. The van der Waals surface area contributed by atoms with E-state index < -0.39 is 5.82 Å². The SMILES string of the molecule is COc1ccc(N(N)/C=C(/C)N)c(CN)c1F. The molecule has 6 heteroatoms. The molecule has 0 aromatic heterocycles. The quantitative estimate of drug-likeness (QED) is 0.535. The number of hydrogen-bond donors (Lipinski definition) is 3. The molecule has 94 valence electrons. The van der Waals surface area contributed by atoms with Crippen molar-refractivity contribution in [2.75, 3.05) is 12.1 Å². The highest BCUT2D eigenvalue weighted by Crippen LogP contribution is 2.28. The zero-order valence-corrected chi connectivity index (χ0v) is 9.90. The van der Waals surface area contributed by atoms with Crippen molar-refractivity contribution in [1.29, 1.82) is 0 Å². The highest BCUT2D eigenvalue weighted by Gasteiger charge is 2.15. The van der Waals surface area contributed by atoms with E-state index in [1.54, 1.807) is 13.0 Å². The van der Waals surface area contributed by atoms with Crippen LogP contribution in [0.3, 0.4) is 0 Å². The van der Waals surface area contributed by atoms with E-state index in [2.05, 4.69) is 0 Å². The number of nitrogens with two attached hydrogens (primary N) is 3. The molecule has 0 aliphatic heterocycles. The van der Waals surface area contributed by atoms with E-state index in [0.717, 1.165) is 0 Å². The van der Waals surface area contributed by atoms with Gasteiger partial charge < -0.3 is 16.2 Å². The Morgan fingerprint density at radius 2 is 2.18 bits per heavy atom. The fourth-order valence-electron chi connectivity index (χ4n) is 1.47. The minimum absolute atomic E-state index is 0.0174. The topological polar surface area (TPSA) is 90.5 Å². The van der Waals surface area contributed by atoms with Gasteiger partial charge in [-0.3, -0.25) is 5.01 Å². The summed E-state index contributed by atoms with van der Waals surface area (Å²) in [6, 6.07) is 3.12. The van der Waals surface area contributed by atoms with Crippen LogP contribution in [0.4, 0.5) is 10.1 Å². The van der Waals surface area contributed by atoms with E-state index in [1.165, 1.54) is 24.4 Å². The lowest BCUT2D eigenvalue weighted by atomic mass is 10.1. The smallest absolute Gasteiger partial charge is 0.171 e. The first-order valence-electron chi connectivity index (χ1n) is 5.04. The molecule has 0 aliphatic carbocycles. The van der Waals surface area contributed by atoms with Crippen molar-refractivity contribution in [3.8, 4) is 5.75 Å². The molecule has 0 radical (unpaired) electrons. The molecule has 5 nitrogen and oxygen atoms in total. The molecule has 0 aliphatic rings. The van der Waals surface area contributed by atoms with E-state index in [1.807, 2.05) is 0 Å². The molecule has 17 heavy (non-hydrogen) atoms. The van der Waals surface area contributed by atoms with Crippen LogP contribution in [0.2, 0.25) is 0 Å². The van der Waals surface area contributed by atoms with Gasteiger partial charge in [0.2, 0.25) is 0 Å². The molecule has 0 fully saturated rings. The fourth-order valence-corrected chi connectivity index (χ4v) is 1.47. The third kappa shape index (κ3) is 2.86. The molecule has 6 N–H and O–H groups in total. The molecule has 0 unspecified atom stereocenters. The summed E-state index contributed by atoms with van der Waals surface area (Å²) in [6.45, 7) is 1.70. The lowest BCUT2D eigenvalue weighted by Crippen LogP contribution is -2.27. The maximum Gasteiger partial charge on any atom is 0.171 e. The Hall–Kier alpha value is -1.79. The Bertz CT molecular complexity index is 430. The van der Waals surface area contributed by atoms with Crippen LogP contribution in [-0.4, -0.2) is 7.11 Å². The zero-order valence-electron chi connectivity index (χ0n) is 9.90. The molecular formula is C11H17FN4O. The number of hydrogen-bond acceptors (Lipinski definition) is 5. The average molecular weight is 240 g/mol. The number of rotatable bonds is 4. The van der Waals surface area contributed by atoms with Crippen LogP contribution in [0.5, 0.6) is 5.75 Å². The van der Waals surface area contributed by atoms with Crippen molar-refractivity contribution in [2.45, 2.75) is 13.5 Å². The Morgan fingerprint density at radius 1 is 1.53 bits per heavy atom. The summed E-state index contributed by atoms with van der Waals surface area (Å²) in [4.78, 5) is 0. The number of ether oxygens (including phenoxy) is 1. The maximum atomic E-state index is 13.9. The molecule has 1 aromatic carbocycles. The van der Waals surface area contributed by atoms with E-state index in [4.69, 9.17) is 22.0 Å². The van der Waals surface area contributed by atoms with Gasteiger partial charge >= 0.3 is 0 Å². The van der Waals surface area contributed by atoms with E-state index in [-0.39, 0.29) is 17.9 Å². The molecule has 0 spiro atoms. The van der Waals surface area contributed by atoms with Gasteiger partial charge in [0.15, 0.2) is 11.6 Å². The van der Waals surface area contributed by atoms with Crippen molar-refractivity contribution in [3.05, 3.63) is 35.4 Å². The van der Waals surface area contributed by atoms with Gasteiger partial charge in [-0.15, -0.1) is 0 Å². The number of halogens is 1. The zero-order chi connectivity index (χ0) is 13.0. The summed E-state index contributed by atoms with van der Waals surface area (Å²) in [5.41, 5.74) is 12.3. The van der Waals surface area contributed by atoms with E-state index >= 15 is 0 Å². The Morgan fingerprint density at radius 3 is 2.65 bits per heavy atom. The number of nitrogens with zero attached hydrogens (tertiary/aromatic N) is 1. The Labute approximate surface area is 99.6 Å². The molecule has 0 atom stereocenters. The summed E-state index contributed by atoms with van der Waals surface area (Å²) in [5.74, 6) is 5.37. The van der Waals surface area contributed by atoms with Crippen LogP contribution in [-0.2, 0) is 6.54 Å². The molecule has 0 bridgehead atoms. The highest BCUT2D eigenvalue weighted by molar-refractivity contribution is 5.58. The van der Waals surface area contributed by atoms with E-state index in [9.17, 15) is 4.39 Å². The van der Waals surface area contributed by atoms with Crippen LogP contribution in [0.25, 0.3) is 0 Å². The minimum atomic E-state index is -0.508. The summed E-state index contributed by atoms with van der Waals surface area (Å²) in [6.07, 6.45) is 1.49. The molecule has 0 amide bonds. The molecule has 0 saturated heterocycles. The van der Waals surface area contributed by atoms with Gasteiger partial charge in [-0.1, -0.05) is 0 Å². The van der Waals surface area contributed by atoms with Crippen molar-refractivity contribution in [3.63, 3.8) is 0 Å². The van der Waals surface area contributed by atoms with Crippen LogP contribution >= 0.6 is 0 Å².